The smallest absolute Gasteiger partial charge is 0.219 e. The van der Waals surface area contributed by atoms with Crippen LogP contribution in [-0.2, 0) is 13.6 Å². The summed E-state index contributed by atoms with van der Waals surface area (Å²) in [4.78, 5) is 4.13. The Labute approximate surface area is 111 Å². The summed E-state index contributed by atoms with van der Waals surface area (Å²) >= 11 is 6.06. The van der Waals surface area contributed by atoms with Crippen LogP contribution in [0.4, 0.5) is 0 Å². The lowest BCUT2D eigenvalue weighted by Gasteiger charge is -2.07. The fourth-order valence-corrected chi connectivity index (χ4v) is 1.65. The Morgan fingerprint density at radius 1 is 1.44 bits per heavy atom. The summed E-state index contributed by atoms with van der Waals surface area (Å²) in [6.07, 6.45) is 5.01. The number of aryl methyl sites for hydroxylation is 1. The fourth-order valence-electron chi connectivity index (χ4n) is 1.48. The van der Waals surface area contributed by atoms with Gasteiger partial charge in [-0.25, -0.2) is 4.98 Å². The fraction of sp³-hybridized carbons (Fsp3) is 0.333. The Balaban J connectivity index is 2.13. The van der Waals surface area contributed by atoms with E-state index in [-0.39, 0.29) is 0 Å². The summed E-state index contributed by atoms with van der Waals surface area (Å²) in [5.41, 5.74) is 0.965. The van der Waals surface area contributed by atoms with Gasteiger partial charge >= 0.3 is 0 Å². The number of pyridine rings is 1. The van der Waals surface area contributed by atoms with E-state index in [1.54, 1.807) is 23.3 Å². The normalized spacial score (nSPS) is 10.6. The van der Waals surface area contributed by atoms with Crippen LogP contribution >= 0.6 is 11.6 Å². The highest BCUT2D eigenvalue weighted by Crippen LogP contribution is 2.23. The van der Waals surface area contributed by atoms with Gasteiger partial charge in [0.25, 0.3) is 0 Å². The third kappa shape index (κ3) is 3.21. The van der Waals surface area contributed by atoms with Crippen LogP contribution in [0.15, 0.2) is 24.7 Å². The standard InChI is InChI=1S/C12H15ClN4O/c1-3-14-5-9-4-12(15-7-11(9)13)18-10-6-16-17(2)8-10/h4,6-8,14H,3,5H2,1-2H3. The number of ether oxygens (including phenoxy) is 1. The second kappa shape index (κ2) is 5.84. The Hall–Kier alpha value is -1.59. The molecule has 0 bridgehead atoms. The van der Waals surface area contributed by atoms with E-state index in [1.165, 1.54) is 0 Å². The second-order valence-electron chi connectivity index (χ2n) is 3.85. The maximum absolute atomic E-state index is 6.06. The van der Waals surface area contributed by atoms with Gasteiger partial charge in [0.1, 0.15) is 0 Å². The molecule has 0 saturated carbocycles. The number of nitrogens with one attached hydrogen (secondary N) is 1. The van der Waals surface area contributed by atoms with Crippen LogP contribution in [0, 0.1) is 0 Å². The van der Waals surface area contributed by atoms with Crippen LogP contribution in [0.1, 0.15) is 12.5 Å². The van der Waals surface area contributed by atoms with Gasteiger partial charge in [0.2, 0.25) is 5.88 Å². The number of hydrogen-bond donors (Lipinski definition) is 1. The van der Waals surface area contributed by atoms with Crippen molar-refractivity contribution in [1.82, 2.24) is 20.1 Å². The van der Waals surface area contributed by atoms with Gasteiger partial charge in [0.05, 0.1) is 17.4 Å². The van der Waals surface area contributed by atoms with Gasteiger partial charge in [0.15, 0.2) is 5.75 Å². The summed E-state index contributed by atoms with van der Waals surface area (Å²) in [5.74, 6) is 1.17. The van der Waals surface area contributed by atoms with Crippen molar-refractivity contribution in [3.05, 3.63) is 35.2 Å². The van der Waals surface area contributed by atoms with E-state index in [0.717, 1.165) is 12.1 Å². The SMILES string of the molecule is CCNCc1cc(Oc2cnn(C)c2)ncc1Cl. The van der Waals surface area contributed by atoms with Crippen molar-refractivity contribution in [3.63, 3.8) is 0 Å². The van der Waals surface area contributed by atoms with Crippen LogP contribution in [0.3, 0.4) is 0 Å². The number of nitrogens with zero attached hydrogens (tertiary/aromatic N) is 3. The first-order valence-electron chi connectivity index (χ1n) is 5.70. The Morgan fingerprint density at radius 3 is 2.94 bits per heavy atom. The molecule has 6 heteroatoms. The Kier molecular flexibility index (Phi) is 4.17. The molecule has 2 aromatic heterocycles. The van der Waals surface area contributed by atoms with Gasteiger partial charge in [-0.3, -0.25) is 4.68 Å². The molecule has 0 aliphatic carbocycles. The van der Waals surface area contributed by atoms with Gasteiger partial charge < -0.3 is 10.1 Å². The van der Waals surface area contributed by atoms with E-state index < -0.39 is 0 Å². The number of aromatic nitrogens is 3. The highest BCUT2D eigenvalue weighted by molar-refractivity contribution is 6.31. The van der Waals surface area contributed by atoms with Gasteiger partial charge in [-0.1, -0.05) is 18.5 Å². The van der Waals surface area contributed by atoms with Crippen molar-refractivity contribution in [2.24, 2.45) is 7.05 Å². The third-order valence-corrected chi connectivity index (χ3v) is 2.72. The maximum atomic E-state index is 6.06. The van der Waals surface area contributed by atoms with E-state index in [0.29, 0.717) is 23.2 Å². The number of hydrogen-bond acceptors (Lipinski definition) is 4. The molecular weight excluding hydrogens is 252 g/mol. The van der Waals surface area contributed by atoms with E-state index >= 15 is 0 Å². The first-order valence-corrected chi connectivity index (χ1v) is 6.08. The van der Waals surface area contributed by atoms with Crippen LogP contribution in [0.5, 0.6) is 11.6 Å². The molecule has 0 aromatic carbocycles. The summed E-state index contributed by atoms with van der Waals surface area (Å²) in [5, 5.41) is 7.88. The quantitative estimate of drug-likeness (QED) is 0.903. The molecule has 96 valence electrons. The summed E-state index contributed by atoms with van der Waals surface area (Å²) < 4.78 is 7.27. The van der Waals surface area contributed by atoms with Crippen LogP contribution < -0.4 is 10.1 Å². The molecule has 0 atom stereocenters. The zero-order valence-corrected chi connectivity index (χ0v) is 11.1. The first kappa shape index (κ1) is 12.9. The second-order valence-corrected chi connectivity index (χ2v) is 4.25. The molecule has 0 aliphatic rings. The molecule has 0 radical (unpaired) electrons. The molecule has 2 rings (SSSR count). The van der Waals surface area contributed by atoms with Crippen molar-refractivity contribution in [2.75, 3.05) is 6.54 Å². The Morgan fingerprint density at radius 2 is 2.28 bits per heavy atom. The molecule has 2 aromatic rings. The van der Waals surface area contributed by atoms with Crippen molar-refractivity contribution in [3.8, 4) is 11.6 Å². The zero-order chi connectivity index (χ0) is 13.0. The van der Waals surface area contributed by atoms with Gasteiger partial charge in [0, 0.05) is 25.9 Å². The molecule has 2 heterocycles. The first-order chi connectivity index (χ1) is 8.69. The van der Waals surface area contributed by atoms with Crippen molar-refractivity contribution in [1.29, 1.82) is 0 Å². The lowest BCUT2D eigenvalue weighted by atomic mass is 10.2. The third-order valence-electron chi connectivity index (χ3n) is 2.38. The largest absolute Gasteiger partial charge is 0.436 e. The summed E-state index contributed by atoms with van der Waals surface area (Å²) in [6.45, 7) is 3.63. The average molecular weight is 267 g/mol. The molecule has 5 nitrogen and oxygen atoms in total. The molecule has 0 spiro atoms. The van der Waals surface area contributed by atoms with Crippen molar-refractivity contribution >= 4 is 11.6 Å². The molecule has 0 fully saturated rings. The summed E-state index contributed by atoms with van der Waals surface area (Å²) in [7, 11) is 1.83. The topological polar surface area (TPSA) is 52.0 Å². The molecule has 18 heavy (non-hydrogen) atoms. The van der Waals surface area contributed by atoms with Gasteiger partial charge in [-0.05, 0) is 12.1 Å². The number of halogens is 1. The average Bonchev–Trinajstić information content (AvgIpc) is 2.75. The molecular formula is C12H15ClN4O. The lowest BCUT2D eigenvalue weighted by Crippen LogP contribution is -2.12. The van der Waals surface area contributed by atoms with Crippen LogP contribution in [0.2, 0.25) is 5.02 Å². The van der Waals surface area contributed by atoms with E-state index in [2.05, 4.69) is 15.4 Å². The van der Waals surface area contributed by atoms with Gasteiger partial charge in [-0.15, -0.1) is 0 Å². The number of rotatable bonds is 5. The molecule has 0 amide bonds. The lowest BCUT2D eigenvalue weighted by molar-refractivity contribution is 0.461. The predicted octanol–water partition coefficient (Wildman–Crippen LogP) is 2.37. The predicted molar refractivity (Wildman–Crippen MR) is 69.9 cm³/mol. The van der Waals surface area contributed by atoms with E-state index in [9.17, 15) is 0 Å². The van der Waals surface area contributed by atoms with E-state index in [1.807, 2.05) is 20.0 Å². The van der Waals surface area contributed by atoms with E-state index in [4.69, 9.17) is 16.3 Å². The molecule has 1 N–H and O–H groups in total. The minimum atomic E-state index is 0.514. The van der Waals surface area contributed by atoms with Crippen molar-refractivity contribution < 1.29 is 4.74 Å². The minimum absolute atomic E-state index is 0.514. The van der Waals surface area contributed by atoms with Crippen molar-refractivity contribution in [2.45, 2.75) is 13.5 Å². The van der Waals surface area contributed by atoms with Gasteiger partial charge in [-0.2, -0.15) is 5.10 Å². The monoisotopic (exact) mass is 266 g/mol. The molecule has 0 aliphatic heterocycles. The zero-order valence-electron chi connectivity index (χ0n) is 10.4. The molecule has 0 unspecified atom stereocenters. The highest BCUT2D eigenvalue weighted by atomic mass is 35.5. The molecule has 0 saturated heterocycles. The van der Waals surface area contributed by atoms with Crippen LogP contribution in [-0.4, -0.2) is 21.3 Å². The highest BCUT2D eigenvalue weighted by Gasteiger charge is 2.06. The maximum Gasteiger partial charge on any atom is 0.219 e. The Bertz CT molecular complexity index is 527. The summed E-state index contributed by atoms with van der Waals surface area (Å²) in [6, 6.07) is 1.83. The minimum Gasteiger partial charge on any atom is -0.436 e. The van der Waals surface area contributed by atoms with Crippen LogP contribution in [0.25, 0.3) is 0 Å².